The largest absolute Gasteiger partial charge is 0.388 e. The molecule has 3 rings (SSSR count). The predicted molar refractivity (Wildman–Crippen MR) is 83.8 cm³/mol. The second-order valence-electron chi connectivity index (χ2n) is 4.57. The molecule has 22 heavy (non-hydrogen) atoms. The molecule has 108 valence electrons. The molecule has 0 amide bonds. The molecule has 0 saturated carbocycles. The average molecular weight is 292 g/mol. The van der Waals surface area contributed by atoms with Gasteiger partial charge in [0.2, 0.25) is 6.33 Å². The van der Waals surface area contributed by atoms with Gasteiger partial charge in [-0.1, -0.05) is 36.4 Å². The number of imidazole rings is 1. The number of nitrogens with zero attached hydrogens (tertiary/aromatic N) is 3. The van der Waals surface area contributed by atoms with Gasteiger partial charge >= 0.3 is 5.82 Å². The molecule has 0 unspecified atom stereocenters. The summed E-state index contributed by atoms with van der Waals surface area (Å²) in [5.41, 5.74) is 3.23. The number of aromatic nitrogens is 3. The molecular formula is C16H12N4O2. The number of aromatic amines is 1. The SMILES string of the molecule is O=[N+]([O-])c1nc[nH]c1/C=C/c1ccc(-c2ccccn2)cc1. The van der Waals surface area contributed by atoms with E-state index in [1.165, 1.54) is 6.33 Å². The highest BCUT2D eigenvalue weighted by Crippen LogP contribution is 2.19. The van der Waals surface area contributed by atoms with Crippen LogP contribution in [0.4, 0.5) is 5.82 Å². The van der Waals surface area contributed by atoms with E-state index in [4.69, 9.17) is 0 Å². The summed E-state index contributed by atoms with van der Waals surface area (Å²) in [7, 11) is 0. The number of hydrogen-bond acceptors (Lipinski definition) is 4. The van der Waals surface area contributed by atoms with Gasteiger partial charge in [-0.3, -0.25) is 4.98 Å². The summed E-state index contributed by atoms with van der Waals surface area (Å²) in [4.78, 5) is 21.0. The fourth-order valence-corrected chi connectivity index (χ4v) is 2.04. The Hall–Kier alpha value is -3.28. The van der Waals surface area contributed by atoms with Crippen LogP contribution < -0.4 is 0 Å². The lowest BCUT2D eigenvalue weighted by atomic mass is 10.1. The van der Waals surface area contributed by atoms with E-state index in [1.54, 1.807) is 18.3 Å². The smallest absolute Gasteiger partial charge is 0.358 e. The van der Waals surface area contributed by atoms with Crippen molar-refractivity contribution in [2.24, 2.45) is 0 Å². The molecule has 0 saturated heterocycles. The van der Waals surface area contributed by atoms with E-state index in [2.05, 4.69) is 15.0 Å². The molecule has 0 radical (unpaired) electrons. The molecule has 0 aliphatic carbocycles. The zero-order chi connectivity index (χ0) is 15.4. The highest BCUT2D eigenvalue weighted by atomic mass is 16.6. The summed E-state index contributed by atoms with van der Waals surface area (Å²) < 4.78 is 0. The van der Waals surface area contributed by atoms with Crippen LogP contribution in [-0.2, 0) is 0 Å². The van der Waals surface area contributed by atoms with E-state index in [1.807, 2.05) is 42.5 Å². The third-order valence-corrected chi connectivity index (χ3v) is 3.13. The lowest BCUT2D eigenvalue weighted by molar-refractivity contribution is -0.389. The molecular weight excluding hydrogens is 280 g/mol. The van der Waals surface area contributed by atoms with E-state index in [0.717, 1.165) is 16.8 Å². The van der Waals surface area contributed by atoms with Crippen molar-refractivity contribution in [2.75, 3.05) is 0 Å². The second-order valence-corrected chi connectivity index (χ2v) is 4.57. The average Bonchev–Trinajstić information content (AvgIpc) is 3.03. The van der Waals surface area contributed by atoms with E-state index in [0.29, 0.717) is 5.69 Å². The van der Waals surface area contributed by atoms with Crippen LogP contribution in [0.5, 0.6) is 0 Å². The summed E-state index contributed by atoms with van der Waals surface area (Å²) in [6.07, 6.45) is 6.49. The summed E-state index contributed by atoms with van der Waals surface area (Å²) in [5, 5.41) is 10.8. The number of rotatable bonds is 4. The van der Waals surface area contributed by atoms with Crippen molar-refractivity contribution in [3.63, 3.8) is 0 Å². The van der Waals surface area contributed by atoms with E-state index < -0.39 is 4.92 Å². The highest BCUT2D eigenvalue weighted by Gasteiger charge is 2.13. The number of hydrogen-bond donors (Lipinski definition) is 1. The van der Waals surface area contributed by atoms with E-state index in [9.17, 15) is 10.1 Å². The summed E-state index contributed by atoms with van der Waals surface area (Å²) in [6, 6.07) is 13.5. The minimum Gasteiger partial charge on any atom is -0.358 e. The van der Waals surface area contributed by atoms with Gasteiger partial charge in [0, 0.05) is 11.8 Å². The van der Waals surface area contributed by atoms with Crippen molar-refractivity contribution >= 4 is 18.0 Å². The Labute approximate surface area is 126 Å². The highest BCUT2D eigenvalue weighted by molar-refractivity contribution is 5.72. The summed E-state index contributed by atoms with van der Waals surface area (Å²) in [5.74, 6) is -0.179. The van der Waals surface area contributed by atoms with Crippen molar-refractivity contribution < 1.29 is 4.92 Å². The number of benzene rings is 1. The molecule has 0 atom stereocenters. The van der Waals surface area contributed by atoms with E-state index in [-0.39, 0.29) is 5.82 Å². The first-order valence-electron chi connectivity index (χ1n) is 6.61. The summed E-state index contributed by atoms with van der Waals surface area (Å²) in [6.45, 7) is 0. The molecule has 0 fully saturated rings. The lowest BCUT2D eigenvalue weighted by Crippen LogP contribution is -1.89. The number of pyridine rings is 1. The van der Waals surface area contributed by atoms with Crippen LogP contribution in [0, 0.1) is 10.1 Å². The van der Waals surface area contributed by atoms with Crippen molar-refractivity contribution in [1.29, 1.82) is 0 Å². The first-order valence-corrected chi connectivity index (χ1v) is 6.61. The van der Waals surface area contributed by atoms with Crippen LogP contribution >= 0.6 is 0 Å². The fraction of sp³-hybridized carbons (Fsp3) is 0. The molecule has 0 spiro atoms. The van der Waals surface area contributed by atoms with Crippen LogP contribution in [0.25, 0.3) is 23.4 Å². The zero-order valence-electron chi connectivity index (χ0n) is 11.5. The molecule has 0 aliphatic heterocycles. The Balaban J connectivity index is 1.80. The van der Waals surface area contributed by atoms with Gasteiger partial charge in [0.15, 0.2) is 0 Å². The van der Waals surface area contributed by atoms with Crippen LogP contribution in [0.1, 0.15) is 11.3 Å². The maximum atomic E-state index is 10.8. The van der Waals surface area contributed by atoms with Crippen LogP contribution in [0.15, 0.2) is 55.0 Å². The molecule has 2 heterocycles. The van der Waals surface area contributed by atoms with Gasteiger partial charge in [-0.05, 0) is 33.7 Å². The van der Waals surface area contributed by atoms with Crippen LogP contribution in [0.2, 0.25) is 0 Å². The Kier molecular flexibility index (Phi) is 3.74. The predicted octanol–water partition coefficient (Wildman–Crippen LogP) is 3.55. The molecule has 6 heteroatoms. The maximum absolute atomic E-state index is 10.8. The topological polar surface area (TPSA) is 84.7 Å². The number of nitro groups is 1. The van der Waals surface area contributed by atoms with Crippen LogP contribution in [0.3, 0.4) is 0 Å². The normalized spacial score (nSPS) is 10.9. The molecule has 0 aliphatic rings. The minimum absolute atomic E-state index is 0.179. The number of nitrogens with one attached hydrogen (secondary N) is 1. The molecule has 2 aromatic heterocycles. The molecule has 3 aromatic rings. The number of H-pyrrole nitrogens is 1. The lowest BCUT2D eigenvalue weighted by Gasteiger charge is -2.00. The Morgan fingerprint density at radius 1 is 1.05 bits per heavy atom. The third kappa shape index (κ3) is 2.90. The van der Waals surface area contributed by atoms with Gasteiger partial charge in [0.05, 0.1) is 5.69 Å². The van der Waals surface area contributed by atoms with E-state index >= 15 is 0 Å². The zero-order valence-corrected chi connectivity index (χ0v) is 11.5. The van der Waals surface area contributed by atoms with Crippen molar-refractivity contribution in [3.05, 3.63) is 76.4 Å². The Bertz CT molecular complexity index is 808. The molecule has 1 aromatic carbocycles. The van der Waals surface area contributed by atoms with Gasteiger partial charge in [-0.15, -0.1) is 0 Å². The first kappa shape index (κ1) is 13.7. The standard InChI is InChI=1S/C16H12N4O2/c21-20(22)16-15(18-11-19-16)9-6-12-4-7-13(8-5-12)14-3-1-2-10-17-14/h1-11H,(H,18,19)/b9-6+. The van der Waals surface area contributed by atoms with Gasteiger partial charge in [-0.2, -0.15) is 0 Å². The third-order valence-electron chi connectivity index (χ3n) is 3.13. The van der Waals surface area contributed by atoms with Gasteiger partial charge < -0.3 is 15.1 Å². The van der Waals surface area contributed by atoms with Gasteiger partial charge in [0.25, 0.3) is 0 Å². The van der Waals surface area contributed by atoms with Crippen molar-refractivity contribution in [3.8, 4) is 11.3 Å². The Morgan fingerprint density at radius 2 is 1.86 bits per heavy atom. The quantitative estimate of drug-likeness (QED) is 0.588. The first-order chi connectivity index (χ1) is 10.7. The molecule has 6 nitrogen and oxygen atoms in total. The fourth-order valence-electron chi connectivity index (χ4n) is 2.04. The minimum atomic E-state index is -0.514. The van der Waals surface area contributed by atoms with Gasteiger partial charge in [0.1, 0.15) is 5.69 Å². The van der Waals surface area contributed by atoms with Crippen molar-refractivity contribution in [2.45, 2.75) is 0 Å². The van der Waals surface area contributed by atoms with Crippen LogP contribution in [-0.4, -0.2) is 19.9 Å². The monoisotopic (exact) mass is 292 g/mol. The maximum Gasteiger partial charge on any atom is 0.388 e. The summed E-state index contributed by atoms with van der Waals surface area (Å²) >= 11 is 0. The molecule has 0 bridgehead atoms. The second kappa shape index (κ2) is 6.01. The Morgan fingerprint density at radius 3 is 2.55 bits per heavy atom. The van der Waals surface area contributed by atoms with Crippen molar-refractivity contribution in [1.82, 2.24) is 15.0 Å². The van der Waals surface area contributed by atoms with Gasteiger partial charge in [-0.25, -0.2) is 0 Å². The molecule has 1 N–H and O–H groups in total.